The third-order valence-corrected chi connectivity index (χ3v) is 7.79. The van der Waals surface area contributed by atoms with Crippen LogP contribution in [0.4, 0.5) is 0 Å². The van der Waals surface area contributed by atoms with E-state index in [1.165, 1.54) is 0 Å². The summed E-state index contributed by atoms with van der Waals surface area (Å²) in [6, 6.07) is 2.01. The van der Waals surface area contributed by atoms with Crippen LogP contribution in [0.25, 0.3) is 0 Å². The largest absolute Gasteiger partial charge is 0.411 e. The van der Waals surface area contributed by atoms with Crippen LogP contribution in [0.5, 0.6) is 0 Å². The van der Waals surface area contributed by atoms with E-state index in [0.717, 1.165) is 5.69 Å². The zero-order valence-electron chi connectivity index (χ0n) is 10.7. The van der Waals surface area contributed by atoms with Crippen LogP contribution >= 0.6 is 0 Å². The maximum absolute atomic E-state index is 6.10. The molecule has 4 heteroatoms. The monoisotopic (exact) mass is 226 g/mol. The fourth-order valence-electron chi connectivity index (χ4n) is 1.01. The Morgan fingerprint density at radius 3 is 2.40 bits per heavy atom. The molecule has 1 heterocycles. The van der Waals surface area contributed by atoms with Crippen molar-refractivity contribution in [3.63, 3.8) is 0 Å². The molecule has 0 aliphatic carbocycles. The van der Waals surface area contributed by atoms with Crippen molar-refractivity contribution in [2.45, 2.75) is 45.5 Å². The van der Waals surface area contributed by atoms with Crippen molar-refractivity contribution < 1.29 is 4.43 Å². The highest BCUT2D eigenvalue weighted by atomic mass is 28.4. The van der Waals surface area contributed by atoms with Gasteiger partial charge < -0.3 is 4.43 Å². The fourth-order valence-corrected chi connectivity index (χ4v) is 1.96. The van der Waals surface area contributed by atoms with Gasteiger partial charge in [-0.1, -0.05) is 20.8 Å². The summed E-state index contributed by atoms with van der Waals surface area (Å²) in [5.74, 6) is 0. The predicted octanol–water partition coefficient (Wildman–Crippen LogP) is 2.94. The van der Waals surface area contributed by atoms with E-state index >= 15 is 0 Å². The van der Waals surface area contributed by atoms with Gasteiger partial charge in [0, 0.05) is 13.2 Å². The highest BCUT2D eigenvalue weighted by Gasteiger charge is 2.37. The molecule has 0 amide bonds. The molecule has 0 saturated heterocycles. The Bertz CT molecular complexity index is 326. The summed E-state index contributed by atoms with van der Waals surface area (Å²) in [6.45, 7) is 12.0. The highest BCUT2D eigenvalue weighted by Crippen LogP contribution is 2.36. The molecular weight excluding hydrogens is 204 g/mol. The van der Waals surface area contributed by atoms with Crippen LogP contribution < -0.4 is 0 Å². The number of hydrogen-bond acceptors (Lipinski definition) is 2. The van der Waals surface area contributed by atoms with E-state index in [9.17, 15) is 0 Å². The lowest BCUT2D eigenvalue weighted by Crippen LogP contribution is -2.40. The molecule has 0 radical (unpaired) electrons. The van der Waals surface area contributed by atoms with Gasteiger partial charge in [0.15, 0.2) is 8.32 Å². The third kappa shape index (κ3) is 2.92. The zero-order valence-corrected chi connectivity index (χ0v) is 11.7. The number of aryl methyl sites for hydroxylation is 1. The molecule has 0 bridgehead atoms. The van der Waals surface area contributed by atoms with Crippen molar-refractivity contribution in [1.29, 1.82) is 0 Å². The smallest absolute Gasteiger partial charge is 0.192 e. The lowest BCUT2D eigenvalue weighted by atomic mass is 10.2. The van der Waals surface area contributed by atoms with Gasteiger partial charge in [-0.25, -0.2) is 0 Å². The Balaban J connectivity index is 2.61. The number of nitrogens with zero attached hydrogens (tertiary/aromatic N) is 2. The first-order valence-electron chi connectivity index (χ1n) is 5.35. The number of rotatable bonds is 3. The Hall–Kier alpha value is -0.613. The fraction of sp³-hybridized carbons (Fsp3) is 0.727. The van der Waals surface area contributed by atoms with Gasteiger partial charge in [0.2, 0.25) is 0 Å². The zero-order chi connectivity index (χ0) is 11.7. The summed E-state index contributed by atoms with van der Waals surface area (Å²) < 4.78 is 7.97. The summed E-state index contributed by atoms with van der Waals surface area (Å²) in [5.41, 5.74) is 1.14. The minimum Gasteiger partial charge on any atom is -0.411 e. The second kappa shape index (κ2) is 4.10. The van der Waals surface area contributed by atoms with E-state index < -0.39 is 8.32 Å². The van der Waals surface area contributed by atoms with E-state index in [4.69, 9.17) is 4.43 Å². The molecule has 0 aliphatic rings. The van der Waals surface area contributed by atoms with Crippen molar-refractivity contribution >= 4 is 8.32 Å². The molecule has 0 saturated carbocycles. The summed E-state index contributed by atoms with van der Waals surface area (Å²) in [4.78, 5) is 0. The molecular formula is C11H22N2OSi. The molecule has 15 heavy (non-hydrogen) atoms. The Morgan fingerprint density at radius 2 is 2.00 bits per heavy atom. The Labute approximate surface area is 93.6 Å². The SMILES string of the molecule is Cn1nccc1CO[Si](C)(C)C(C)(C)C. The Morgan fingerprint density at radius 1 is 1.40 bits per heavy atom. The van der Waals surface area contributed by atoms with Gasteiger partial charge in [-0.2, -0.15) is 5.10 Å². The van der Waals surface area contributed by atoms with Gasteiger partial charge in [-0.05, 0) is 24.2 Å². The van der Waals surface area contributed by atoms with Crippen LogP contribution in [0, 0.1) is 0 Å². The molecule has 0 atom stereocenters. The van der Waals surface area contributed by atoms with Crippen molar-refractivity contribution in [2.24, 2.45) is 7.05 Å². The van der Waals surface area contributed by atoms with Crippen LogP contribution in [-0.4, -0.2) is 18.1 Å². The molecule has 0 aromatic carbocycles. The maximum Gasteiger partial charge on any atom is 0.192 e. The molecule has 0 fully saturated rings. The van der Waals surface area contributed by atoms with E-state index in [1.54, 1.807) is 0 Å². The second-order valence-electron chi connectivity index (χ2n) is 5.50. The normalized spacial score (nSPS) is 13.2. The molecule has 0 N–H and O–H groups in total. The minimum atomic E-state index is -1.63. The standard InChI is InChI=1S/C11H22N2OSi/c1-11(2,3)15(5,6)14-9-10-7-8-12-13(10)4/h7-8H,9H2,1-6H3. The van der Waals surface area contributed by atoms with E-state index in [2.05, 4.69) is 39.0 Å². The van der Waals surface area contributed by atoms with Gasteiger partial charge in [0.05, 0.1) is 12.3 Å². The van der Waals surface area contributed by atoms with Crippen molar-refractivity contribution in [3.05, 3.63) is 18.0 Å². The lowest BCUT2D eigenvalue weighted by molar-refractivity contribution is 0.266. The Kier molecular flexibility index (Phi) is 3.40. The molecule has 1 aromatic rings. The summed E-state index contributed by atoms with van der Waals surface area (Å²) >= 11 is 0. The summed E-state index contributed by atoms with van der Waals surface area (Å²) in [7, 11) is 0.324. The first-order chi connectivity index (χ1) is 6.74. The van der Waals surface area contributed by atoms with Crippen LogP contribution in [0.2, 0.25) is 18.1 Å². The maximum atomic E-state index is 6.10. The minimum absolute atomic E-state index is 0.269. The van der Waals surface area contributed by atoms with E-state index in [1.807, 2.05) is 24.0 Å². The third-order valence-electron chi connectivity index (χ3n) is 3.31. The van der Waals surface area contributed by atoms with E-state index in [-0.39, 0.29) is 5.04 Å². The quantitative estimate of drug-likeness (QED) is 0.741. The number of hydrogen-bond donors (Lipinski definition) is 0. The van der Waals surface area contributed by atoms with Gasteiger partial charge in [-0.3, -0.25) is 4.68 Å². The van der Waals surface area contributed by atoms with Gasteiger partial charge in [-0.15, -0.1) is 0 Å². The molecule has 0 unspecified atom stereocenters. The van der Waals surface area contributed by atoms with Crippen LogP contribution in [0.3, 0.4) is 0 Å². The molecule has 3 nitrogen and oxygen atoms in total. The van der Waals surface area contributed by atoms with Crippen LogP contribution in [0.1, 0.15) is 26.5 Å². The first kappa shape index (κ1) is 12.5. The summed E-state index contributed by atoms with van der Waals surface area (Å²) in [5, 5.41) is 4.40. The average molecular weight is 226 g/mol. The molecule has 0 spiro atoms. The van der Waals surface area contributed by atoms with Gasteiger partial charge in [0.1, 0.15) is 0 Å². The molecule has 1 rings (SSSR count). The predicted molar refractivity (Wildman–Crippen MR) is 65.2 cm³/mol. The van der Waals surface area contributed by atoms with Crippen LogP contribution in [0.15, 0.2) is 12.3 Å². The van der Waals surface area contributed by atoms with Crippen LogP contribution in [-0.2, 0) is 18.1 Å². The average Bonchev–Trinajstić information content (AvgIpc) is 2.46. The van der Waals surface area contributed by atoms with Gasteiger partial charge in [0.25, 0.3) is 0 Å². The van der Waals surface area contributed by atoms with Crippen molar-refractivity contribution in [2.75, 3.05) is 0 Å². The molecule has 1 aromatic heterocycles. The first-order valence-corrected chi connectivity index (χ1v) is 8.26. The van der Waals surface area contributed by atoms with Crippen molar-refractivity contribution in [1.82, 2.24) is 9.78 Å². The van der Waals surface area contributed by atoms with Crippen molar-refractivity contribution in [3.8, 4) is 0 Å². The number of aromatic nitrogens is 2. The van der Waals surface area contributed by atoms with Gasteiger partial charge >= 0.3 is 0 Å². The molecule has 0 aliphatic heterocycles. The topological polar surface area (TPSA) is 27.1 Å². The second-order valence-corrected chi connectivity index (χ2v) is 10.3. The summed E-state index contributed by atoms with van der Waals surface area (Å²) in [6.07, 6.45) is 1.81. The van der Waals surface area contributed by atoms with E-state index in [0.29, 0.717) is 6.61 Å². The lowest BCUT2D eigenvalue weighted by Gasteiger charge is -2.36. The molecule has 86 valence electrons. The highest BCUT2D eigenvalue weighted by molar-refractivity contribution is 6.74.